The van der Waals surface area contributed by atoms with Gasteiger partial charge in [-0.1, -0.05) is 17.7 Å². The normalized spacial score (nSPS) is 18.9. The second kappa shape index (κ2) is 9.25. The third-order valence-electron chi connectivity index (χ3n) is 5.73. The van der Waals surface area contributed by atoms with Gasteiger partial charge in [0.1, 0.15) is 5.82 Å². The molecule has 0 radical (unpaired) electrons. The number of hydrogen-bond acceptors (Lipinski definition) is 5. The summed E-state index contributed by atoms with van der Waals surface area (Å²) in [5.41, 5.74) is 4.12. The molecular formula is C23H33N5O. The van der Waals surface area contributed by atoms with Crippen LogP contribution in [0.2, 0.25) is 0 Å². The van der Waals surface area contributed by atoms with Crippen LogP contribution in [0.3, 0.4) is 0 Å². The molecule has 1 aliphatic rings. The van der Waals surface area contributed by atoms with Crippen molar-refractivity contribution in [2.75, 3.05) is 30.9 Å². The number of anilines is 2. The highest BCUT2D eigenvalue weighted by atomic mass is 16.1. The molecule has 1 heterocycles. The number of aryl methyl sites for hydroxylation is 3. The molecular weight excluding hydrogens is 362 g/mol. The summed E-state index contributed by atoms with van der Waals surface area (Å²) in [7, 11) is 3.95. The van der Waals surface area contributed by atoms with Crippen molar-refractivity contribution in [2.24, 2.45) is 5.92 Å². The summed E-state index contributed by atoms with van der Waals surface area (Å²) in [6.07, 6.45) is 6.12. The van der Waals surface area contributed by atoms with Gasteiger partial charge in [-0.05, 0) is 69.6 Å². The summed E-state index contributed by atoms with van der Waals surface area (Å²) in [5, 5.41) is 6.64. The molecule has 0 saturated heterocycles. The van der Waals surface area contributed by atoms with Crippen LogP contribution < -0.4 is 15.5 Å². The Morgan fingerprint density at radius 2 is 1.76 bits per heavy atom. The zero-order valence-corrected chi connectivity index (χ0v) is 18.2. The van der Waals surface area contributed by atoms with E-state index in [-0.39, 0.29) is 5.91 Å². The number of carbonyl (C=O) groups is 1. The molecule has 0 atom stereocenters. The lowest BCUT2D eigenvalue weighted by atomic mass is 9.86. The van der Waals surface area contributed by atoms with Gasteiger partial charge in [0.15, 0.2) is 0 Å². The number of rotatable bonds is 6. The van der Waals surface area contributed by atoms with Crippen molar-refractivity contribution in [2.45, 2.75) is 52.5 Å². The van der Waals surface area contributed by atoms with E-state index in [0.717, 1.165) is 54.7 Å². The van der Waals surface area contributed by atoms with Crippen molar-refractivity contribution in [3.63, 3.8) is 0 Å². The van der Waals surface area contributed by atoms with Crippen molar-refractivity contribution >= 4 is 17.7 Å². The molecule has 3 rings (SSSR count). The Morgan fingerprint density at radius 3 is 2.38 bits per heavy atom. The van der Waals surface area contributed by atoms with E-state index in [9.17, 15) is 4.79 Å². The first-order valence-electron chi connectivity index (χ1n) is 10.5. The van der Waals surface area contributed by atoms with Crippen LogP contribution in [0.5, 0.6) is 0 Å². The minimum atomic E-state index is 0.0501. The van der Waals surface area contributed by atoms with Crippen molar-refractivity contribution in [3.05, 3.63) is 46.6 Å². The van der Waals surface area contributed by atoms with Gasteiger partial charge >= 0.3 is 0 Å². The van der Waals surface area contributed by atoms with E-state index in [2.05, 4.69) is 39.7 Å². The fourth-order valence-electron chi connectivity index (χ4n) is 4.22. The molecule has 0 unspecified atom stereocenters. The molecule has 1 fully saturated rings. The Morgan fingerprint density at radius 1 is 1.10 bits per heavy atom. The Labute approximate surface area is 174 Å². The molecule has 1 aromatic carbocycles. The average molecular weight is 396 g/mol. The van der Waals surface area contributed by atoms with Gasteiger partial charge in [-0.2, -0.15) is 4.98 Å². The number of amides is 1. The van der Waals surface area contributed by atoms with Crippen LogP contribution in [0.1, 0.15) is 52.7 Å². The largest absolute Gasteiger partial charge is 0.363 e. The molecule has 1 aromatic heterocycles. The monoisotopic (exact) mass is 395 g/mol. The van der Waals surface area contributed by atoms with Gasteiger partial charge in [0.25, 0.3) is 5.91 Å². The lowest BCUT2D eigenvalue weighted by Crippen LogP contribution is -2.34. The quantitative estimate of drug-likeness (QED) is 0.777. The molecule has 1 amide bonds. The molecule has 0 bridgehead atoms. The summed E-state index contributed by atoms with van der Waals surface area (Å²) >= 11 is 0. The van der Waals surface area contributed by atoms with Crippen LogP contribution in [-0.2, 0) is 0 Å². The van der Waals surface area contributed by atoms with Gasteiger partial charge in [0, 0.05) is 38.4 Å². The SMILES string of the molecule is Cc1cc(C)c(C(=O)NCC2CCC(Nc3nccc(N(C)C)n3)CC2)c(C)c1. The summed E-state index contributed by atoms with van der Waals surface area (Å²) in [6.45, 7) is 6.83. The first-order valence-corrected chi connectivity index (χ1v) is 10.5. The van der Waals surface area contributed by atoms with Crippen LogP contribution in [-0.4, -0.2) is 42.6 Å². The molecule has 29 heavy (non-hydrogen) atoms. The second-order valence-electron chi connectivity index (χ2n) is 8.48. The van der Waals surface area contributed by atoms with Crippen molar-refractivity contribution < 1.29 is 4.79 Å². The molecule has 156 valence electrons. The van der Waals surface area contributed by atoms with Crippen LogP contribution in [0.15, 0.2) is 24.4 Å². The molecule has 1 aliphatic carbocycles. The van der Waals surface area contributed by atoms with Gasteiger partial charge < -0.3 is 15.5 Å². The summed E-state index contributed by atoms with van der Waals surface area (Å²) in [6, 6.07) is 6.45. The highest BCUT2D eigenvalue weighted by Gasteiger charge is 2.23. The fourth-order valence-corrected chi connectivity index (χ4v) is 4.22. The standard InChI is InChI=1S/C23H33N5O/c1-15-12-16(2)21(17(3)13-15)22(29)25-14-18-6-8-19(9-7-18)26-23-24-11-10-20(27-23)28(4)5/h10-13,18-19H,6-9,14H2,1-5H3,(H,25,29)(H,24,26,27). The lowest BCUT2D eigenvalue weighted by Gasteiger charge is -2.29. The molecule has 6 heteroatoms. The lowest BCUT2D eigenvalue weighted by molar-refractivity contribution is 0.0942. The molecule has 6 nitrogen and oxygen atoms in total. The molecule has 0 aliphatic heterocycles. The van der Waals surface area contributed by atoms with E-state index in [1.54, 1.807) is 6.20 Å². The number of nitrogens with zero attached hydrogens (tertiary/aromatic N) is 3. The number of aromatic nitrogens is 2. The highest BCUT2D eigenvalue weighted by Crippen LogP contribution is 2.26. The molecule has 1 saturated carbocycles. The topological polar surface area (TPSA) is 70.2 Å². The minimum absolute atomic E-state index is 0.0501. The summed E-state index contributed by atoms with van der Waals surface area (Å²) in [5.74, 6) is 2.17. The summed E-state index contributed by atoms with van der Waals surface area (Å²) in [4.78, 5) is 23.6. The van der Waals surface area contributed by atoms with Crippen LogP contribution in [0.25, 0.3) is 0 Å². The average Bonchev–Trinajstić information content (AvgIpc) is 2.67. The van der Waals surface area contributed by atoms with E-state index in [4.69, 9.17) is 0 Å². The maximum absolute atomic E-state index is 12.7. The smallest absolute Gasteiger partial charge is 0.251 e. The first-order chi connectivity index (χ1) is 13.8. The van der Waals surface area contributed by atoms with E-state index in [1.165, 1.54) is 5.56 Å². The van der Waals surface area contributed by atoms with Crippen molar-refractivity contribution in [1.29, 1.82) is 0 Å². The Balaban J connectivity index is 1.48. The summed E-state index contributed by atoms with van der Waals surface area (Å²) < 4.78 is 0. The van der Waals surface area contributed by atoms with Crippen molar-refractivity contribution in [1.82, 2.24) is 15.3 Å². The molecule has 2 N–H and O–H groups in total. The second-order valence-corrected chi connectivity index (χ2v) is 8.48. The van der Waals surface area contributed by atoms with E-state index in [1.807, 2.05) is 38.9 Å². The van der Waals surface area contributed by atoms with E-state index < -0.39 is 0 Å². The molecule has 0 spiro atoms. The number of benzene rings is 1. The Hall–Kier alpha value is -2.63. The molecule has 2 aromatic rings. The van der Waals surface area contributed by atoms with E-state index >= 15 is 0 Å². The van der Waals surface area contributed by atoms with Crippen LogP contribution in [0, 0.1) is 26.7 Å². The Kier molecular flexibility index (Phi) is 6.72. The number of carbonyl (C=O) groups excluding carboxylic acids is 1. The van der Waals surface area contributed by atoms with Crippen LogP contribution in [0.4, 0.5) is 11.8 Å². The van der Waals surface area contributed by atoms with Gasteiger partial charge in [0.2, 0.25) is 5.95 Å². The third-order valence-corrected chi connectivity index (χ3v) is 5.73. The maximum Gasteiger partial charge on any atom is 0.251 e. The third kappa shape index (κ3) is 5.46. The van der Waals surface area contributed by atoms with Gasteiger partial charge in [-0.3, -0.25) is 4.79 Å². The zero-order valence-electron chi connectivity index (χ0n) is 18.2. The Bertz CT molecular complexity index is 833. The van der Waals surface area contributed by atoms with Gasteiger partial charge in [-0.25, -0.2) is 4.98 Å². The predicted molar refractivity (Wildman–Crippen MR) is 119 cm³/mol. The van der Waals surface area contributed by atoms with Gasteiger partial charge in [0.05, 0.1) is 0 Å². The maximum atomic E-state index is 12.7. The zero-order chi connectivity index (χ0) is 21.0. The number of hydrogen-bond donors (Lipinski definition) is 2. The van der Waals surface area contributed by atoms with E-state index in [0.29, 0.717) is 17.9 Å². The fraction of sp³-hybridized carbons (Fsp3) is 0.522. The minimum Gasteiger partial charge on any atom is -0.363 e. The number of nitrogens with one attached hydrogen (secondary N) is 2. The predicted octanol–water partition coefficient (Wildman–Crippen LogP) is 3.87. The van der Waals surface area contributed by atoms with Gasteiger partial charge in [-0.15, -0.1) is 0 Å². The first kappa shape index (κ1) is 21.1. The van der Waals surface area contributed by atoms with Crippen molar-refractivity contribution in [3.8, 4) is 0 Å². The highest BCUT2D eigenvalue weighted by molar-refractivity contribution is 5.97. The van der Waals surface area contributed by atoms with Crippen LogP contribution >= 0.6 is 0 Å².